The number of fused-ring (bicyclic) bond motifs is 6. The first-order valence-corrected chi connectivity index (χ1v) is 9.22. The quantitative estimate of drug-likeness (QED) is 0.366. The maximum atomic E-state index is 2.22. The maximum Gasteiger partial charge on any atom is 1.00 e. The molecule has 4 aromatic rings. The van der Waals surface area contributed by atoms with E-state index in [2.05, 4.69) is 97.1 Å². The monoisotopic (exact) mass is 355 g/mol. The van der Waals surface area contributed by atoms with E-state index in [0.29, 0.717) is 0 Å². The van der Waals surface area contributed by atoms with Gasteiger partial charge in [-0.2, -0.15) is 0 Å². The van der Waals surface area contributed by atoms with Gasteiger partial charge >= 0.3 is 29.6 Å². The predicted octanol–water partition coefficient (Wildman–Crippen LogP) is 3.52. The Labute approximate surface area is 183 Å². The van der Waals surface area contributed by atoms with Crippen LogP contribution in [0.25, 0.3) is 22.3 Å². The van der Waals surface area contributed by atoms with Crippen LogP contribution in [0.4, 0.5) is 0 Å². The fraction of sp³-hybridized carbons (Fsp3) is 0.0769. The van der Waals surface area contributed by atoms with E-state index in [1.54, 1.807) is 0 Å². The Morgan fingerprint density at radius 2 is 0.556 bits per heavy atom. The summed E-state index contributed by atoms with van der Waals surface area (Å²) in [6.45, 7) is 0. The standard InChI is InChI=1S/2C13H10.Na/c2*1-3-7-12-10(5-1)9-11-6-2-4-8-13(11)12;/h2*1-8H,9H2;/q;;+1. The van der Waals surface area contributed by atoms with Crippen LogP contribution in [0, 0.1) is 0 Å². The summed E-state index contributed by atoms with van der Waals surface area (Å²) in [5, 5.41) is 0. The molecule has 0 amide bonds. The summed E-state index contributed by atoms with van der Waals surface area (Å²) in [7, 11) is 0. The van der Waals surface area contributed by atoms with Gasteiger partial charge in [0.1, 0.15) is 0 Å². The third-order valence-electron chi connectivity index (χ3n) is 5.41. The molecule has 6 rings (SSSR count). The SMILES string of the molecule is [Na+].c1ccc2c(c1)Cc1ccccc1-2.c1ccc2c(c1)Cc1ccccc1-2. The molecular formula is C26H20Na+. The molecule has 124 valence electrons. The Morgan fingerprint density at radius 1 is 0.333 bits per heavy atom. The molecule has 2 aliphatic rings. The zero-order valence-corrected chi connectivity index (χ0v) is 17.7. The predicted molar refractivity (Wildman–Crippen MR) is 109 cm³/mol. The van der Waals surface area contributed by atoms with Crippen molar-refractivity contribution in [3.8, 4) is 22.3 Å². The van der Waals surface area contributed by atoms with Gasteiger partial charge in [-0.05, 0) is 57.3 Å². The van der Waals surface area contributed by atoms with Gasteiger partial charge in [0.15, 0.2) is 0 Å². The van der Waals surface area contributed by atoms with Gasteiger partial charge in [0.05, 0.1) is 0 Å². The topological polar surface area (TPSA) is 0 Å². The van der Waals surface area contributed by atoms with Crippen molar-refractivity contribution in [1.29, 1.82) is 0 Å². The van der Waals surface area contributed by atoms with Crippen LogP contribution in [0.5, 0.6) is 0 Å². The molecule has 0 N–H and O–H groups in total. The van der Waals surface area contributed by atoms with Gasteiger partial charge in [-0.3, -0.25) is 0 Å². The summed E-state index contributed by atoms with van der Waals surface area (Å²) in [6.07, 6.45) is 2.21. The Kier molecular flexibility index (Phi) is 5.31. The molecule has 0 bridgehead atoms. The molecule has 0 nitrogen and oxygen atoms in total. The van der Waals surface area contributed by atoms with E-state index in [1.165, 1.54) is 44.5 Å². The number of hydrogen-bond acceptors (Lipinski definition) is 0. The molecule has 0 radical (unpaired) electrons. The summed E-state index contributed by atoms with van der Waals surface area (Å²) < 4.78 is 0. The first-order chi connectivity index (χ1) is 12.9. The second kappa shape index (κ2) is 7.86. The van der Waals surface area contributed by atoms with E-state index in [1.807, 2.05) is 0 Å². The van der Waals surface area contributed by atoms with Crippen molar-refractivity contribution in [3.63, 3.8) is 0 Å². The van der Waals surface area contributed by atoms with Crippen LogP contribution in [-0.2, 0) is 12.8 Å². The fourth-order valence-electron chi connectivity index (χ4n) is 4.16. The smallest absolute Gasteiger partial charge is 0.0619 e. The van der Waals surface area contributed by atoms with Crippen LogP contribution in [0.15, 0.2) is 97.1 Å². The van der Waals surface area contributed by atoms with Crippen molar-refractivity contribution in [1.82, 2.24) is 0 Å². The number of hydrogen-bond donors (Lipinski definition) is 0. The van der Waals surface area contributed by atoms with Crippen molar-refractivity contribution in [2.75, 3.05) is 0 Å². The van der Waals surface area contributed by atoms with Gasteiger partial charge in [-0.1, -0.05) is 97.1 Å². The first kappa shape index (κ1) is 18.3. The zero-order chi connectivity index (χ0) is 17.3. The zero-order valence-electron chi connectivity index (χ0n) is 15.7. The Hall–Kier alpha value is -2.12. The molecule has 0 heterocycles. The van der Waals surface area contributed by atoms with E-state index in [-0.39, 0.29) is 29.6 Å². The Balaban J connectivity index is 0.000000129. The first-order valence-electron chi connectivity index (χ1n) is 9.22. The van der Waals surface area contributed by atoms with Gasteiger partial charge in [0, 0.05) is 0 Å². The molecule has 0 aromatic heterocycles. The van der Waals surface area contributed by atoms with Crippen LogP contribution >= 0.6 is 0 Å². The van der Waals surface area contributed by atoms with Crippen LogP contribution in [-0.4, -0.2) is 0 Å². The maximum absolute atomic E-state index is 2.22. The molecule has 0 unspecified atom stereocenters. The average molecular weight is 355 g/mol. The summed E-state index contributed by atoms with van der Waals surface area (Å²) >= 11 is 0. The van der Waals surface area contributed by atoms with Crippen LogP contribution in [0.2, 0.25) is 0 Å². The van der Waals surface area contributed by atoms with Crippen molar-refractivity contribution < 1.29 is 29.6 Å². The van der Waals surface area contributed by atoms with Crippen molar-refractivity contribution >= 4 is 0 Å². The Morgan fingerprint density at radius 3 is 0.815 bits per heavy atom. The molecule has 4 aromatic carbocycles. The van der Waals surface area contributed by atoms with Crippen LogP contribution in [0.1, 0.15) is 22.3 Å². The fourth-order valence-corrected chi connectivity index (χ4v) is 4.16. The average Bonchev–Trinajstić information content (AvgIpc) is 3.27. The molecular weight excluding hydrogens is 335 g/mol. The van der Waals surface area contributed by atoms with E-state index in [9.17, 15) is 0 Å². The number of rotatable bonds is 0. The van der Waals surface area contributed by atoms with E-state index >= 15 is 0 Å². The second-order valence-electron chi connectivity index (χ2n) is 6.98. The summed E-state index contributed by atoms with van der Waals surface area (Å²) in [5.41, 5.74) is 11.5. The van der Waals surface area contributed by atoms with Crippen molar-refractivity contribution in [3.05, 3.63) is 119 Å². The molecule has 0 aliphatic heterocycles. The molecule has 0 fully saturated rings. The van der Waals surface area contributed by atoms with Gasteiger partial charge < -0.3 is 0 Å². The molecule has 2 aliphatic carbocycles. The van der Waals surface area contributed by atoms with Gasteiger partial charge in [0.25, 0.3) is 0 Å². The molecule has 0 atom stereocenters. The molecule has 0 saturated heterocycles. The Bertz CT molecular complexity index is 918. The second-order valence-corrected chi connectivity index (χ2v) is 6.98. The summed E-state index contributed by atoms with van der Waals surface area (Å²) in [5.74, 6) is 0. The third kappa shape index (κ3) is 3.41. The van der Waals surface area contributed by atoms with Crippen molar-refractivity contribution in [2.24, 2.45) is 0 Å². The summed E-state index contributed by atoms with van der Waals surface area (Å²) in [4.78, 5) is 0. The van der Waals surface area contributed by atoms with Crippen molar-refractivity contribution in [2.45, 2.75) is 12.8 Å². The minimum Gasteiger partial charge on any atom is -0.0619 e. The van der Waals surface area contributed by atoms with Crippen LogP contribution in [0.3, 0.4) is 0 Å². The molecule has 1 heteroatoms. The van der Waals surface area contributed by atoms with E-state index < -0.39 is 0 Å². The normalized spacial score (nSPS) is 11.9. The van der Waals surface area contributed by atoms with Gasteiger partial charge in [0.2, 0.25) is 0 Å². The molecule has 0 saturated carbocycles. The minimum absolute atomic E-state index is 0. The van der Waals surface area contributed by atoms with Gasteiger partial charge in [-0.15, -0.1) is 0 Å². The van der Waals surface area contributed by atoms with Gasteiger partial charge in [-0.25, -0.2) is 0 Å². The van der Waals surface area contributed by atoms with Crippen LogP contribution < -0.4 is 29.6 Å². The summed E-state index contributed by atoms with van der Waals surface area (Å²) in [6, 6.07) is 34.6. The van der Waals surface area contributed by atoms with E-state index in [4.69, 9.17) is 0 Å². The number of benzene rings is 4. The van der Waals surface area contributed by atoms with E-state index in [0.717, 1.165) is 12.8 Å². The largest absolute Gasteiger partial charge is 1.00 e. The third-order valence-corrected chi connectivity index (χ3v) is 5.41. The molecule has 27 heavy (non-hydrogen) atoms. The minimum atomic E-state index is 0. The molecule has 0 spiro atoms.